The van der Waals surface area contributed by atoms with Crippen LogP contribution in [-0.2, 0) is 40.2 Å². The number of primary amides is 1. The van der Waals surface area contributed by atoms with Crippen molar-refractivity contribution in [1.29, 1.82) is 0 Å². The molecule has 0 saturated heterocycles. The number of Topliss-reactive ketones (excluding diaryl/α,β-unsaturated/α-hetero) is 1. The van der Waals surface area contributed by atoms with E-state index in [-0.39, 0.29) is 25.0 Å². The summed E-state index contributed by atoms with van der Waals surface area (Å²) in [4.78, 5) is 46.4. The summed E-state index contributed by atoms with van der Waals surface area (Å²) in [6.45, 7) is 2.31. The van der Waals surface area contributed by atoms with E-state index >= 15 is 0 Å². The number of aliphatic carboxylic acids is 2. The molecule has 2 aromatic rings. The van der Waals surface area contributed by atoms with Gasteiger partial charge in [-0.1, -0.05) is 23.7 Å². The average Bonchev–Trinajstić information content (AvgIpc) is 3.11. The Hall–Kier alpha value is -2.96. The zero-order valence-electron chi connectivity index (χ0n) is 19.9. The van der Waals surface area contributed by atoms with Crippen molar-refractivity contribution in [3.8, 4) is 0 Å². The molecule has 202 valence electrons. The number of ketones is 1. The van der Waals surface area contributed by atoms with E-state index in [1.54, 1.807) is 12.1 Å². The lowest BCUT2D eigenvalue weighted by atomic mass is 9.97. The molecular formula is C24H27ClF3N2O6S+. The van der Waals surface area contributed by atoms with Crippen LogP contribution in [0.5, 0.6) is 0 Å². The predicted molar refractivity (Wildman–Crippen MR) is 131 cm³/mol. The molecule has 4 N–H and O–H groups in total. The molecule has 1 atom stereocenters. The molecule has 1 aromatic heterocycles. The number of carboxylic acids is 2. The normalized spacial score (nSPS) is 16.8. The van der Waals surface area contributed by atoms with Crippen LogP contribution >= 0.6 is 22.9 Å². The van der Waals surface area contributed by atoms with E-state index in [0.29, 0.717) is 23.4 Å². The highest BCUT2D eigenvalue weighted by Crippen LogP contribution is 2.36. The van der Waals surface area contributed by atoms with Gasteiger partial charge in [-0.3, -0.25) is 14.4 Å². The minimum atomic E-state index is -5.08. The van der Waals surface area contributed by atoms with Crippen LogP contribution in [0.4, 0.5) is 13.2 Å². The quantitative estimate of drug-likeness (QED) is 0.397. The van der Waals surface area contributed by atoms with Gasteiger partial charge in [-0.15, -0.1) is 11.3 Å². The highest BCUT2D eigenvalue weighted by Gasteiger charge is 2.38. The number of thiophene rings is 1. The molecule has 8 nitrogen and oxygen atoms in total. The van der Waals surface area contributed by atoms with Gasteiger partial charge in [0.2, 0.25) is 5.91 Å². The van der Waals surface area contributed by atoms with Crippen molar-refractivity contribution in [1.82, 2.24) is 0 Å². The van der Waals surface area contributed by atoms with Gasteiger partial charge >= 0.3 is 18.1 Å². The van der Waals surface area contributed by atoms with E-state index in [9.17, 15) is 27.6 Å². The van der Waals surface area contributed by atoms with Crippen molar-refractivity contribution in [2.75, 3.05) is 20.1 Å². The Morgan fingerprint density at radius 2 is 1.70 bits per heavy atom. The van der Waals surface area contributed by atoms with Crippen LogP contribution < -0.4 is 5.73 Å². The maximum atomic E-state index is 12.6. The van der Waals surface area contributed by atoms with Gasteiger partial charge in [0, 0.05) is 35.6 Å². The highest BCUT2D eigenvalue weighted by molar-refractivity contribution is 7.12. The second-order valence-corrected chi connectivity index (χ2v) is 10.6. The van der Waals surface area contributed by atoms with E-state index in [0.717, 1.165) is 45.0 Å². The van der Waals surface area contributed by atoms with Crippen LogP contribution in [0.15, 0.2) is 24.3 Å². The van der Waals surface area contributed by atoms with Crippen molar-refractivity contribution >= 4 is 46.6 Å². The third-order valence-corrected chi connectivity index (χ3v) is 7.31. The van der Waals surface area contributed by atoms with Crippen LogP contribution in [0.2, 0.25) is 5.02 Å². The molecule has 3 rings (SSSR count). The summed E-state index contributed by atoms with van der Waals surface area (Å²) in [5, 5.41) is 16.6. The number of hydrogen-bond acceptors (Lipinski definition) is 5. The third-order valence-electron chi connectivity index (χ3n) is 5.84. The molecule has 0 fully saturated rings. The number of nitrogens with two attached hydrogens (primary N) is 1. The second-order valence-electron chi connectivity index (χ2n) is 8.96. The van der Waals surface area contributed by atoms with Gasteiger partial charge in [0.15, 0.2) is 0 Å². The Morgan fingerprint density at radius 3 is 2.22 bits per heavy atom. The first kappa shape index (κ1) is 30.3. The molecule has 13 heteroatoms. The second kappa shape index (κ2) is 12.5. The Labute approximate surface area is 220 Å². The molecule has 1 aliphatic rings. The highest BCUT2D eigenvalue weighted by atomic mass is 35.5. The molecule has 1 aromatic carbocycles. The van der Waals surface area contributed by atoms with Crippen molar-refractivity contribution in [2.45, 2.75) is 44.8 Å². The molecule has 0 bridgehead atoms. The Morgan fingerprint density at radius 1 is 1.11 bits per heavy atom. The van der Waals surface area contributed by atoms with Gasteiger partial charge in [-0.05, 0) is 23.3 Å². The molecule has 1 unspecified atom stereocenters. The summed E-state index contributed by atoms with van der Waals surface area (Å²) in [7, 11) is 2.11. The number of fused-ring (bicyclic) bond motifs is 1. The molecule has 1 amide bonds. The summed E-state index contributed by atoms with van der Waals surface area (Å²) >= 11 is 7.40. The smallest absolute Gasteiger partial charge is 0.481 e. The van der Waals surface area contributed by atoms with E-state index in [4.69, 9.17) is 32.3 Å². The van der Waals surface area contributed by atoms with Gasteiger partial charge < -0.3 is 20.4 Å². The maximum absolute atomic E-state index is 12.6. The minimum Gasteiger partial charge on any atom is -0.481 e. The average molecular weight is 564 g/mol. The van der Waals surface area contributed by atoms with Gasteiger partial charge in [-0.25, -0.2) is 4.79 Å². The molecule has 0 radical (unpaired) electrons. The topological polar surface area (TPSA) is 135 Å². The largest absolute Gasteiger partial charge is 0.490 e. The Kier molecular flexibility index (Phi) is 10.2. The summed E-state index contributed by atoms with van der Waals surface area (Å²) in [6.07, 6.45) is -3.15. The van der Waals surface area contributed by atoms with Crippen molar-refractivity contribution in [3.63, 3.8) is 0 Å². The minimum absolute atomic E-state index is 0.0251. The fourth-order valence-corrected chi connectivity index (χ4v) is 5.74. The lowest BCUT2D eigenvalue weighted by Crippen LogP contribution is -2.48. The number of hydrogen-bond donors (Lipinski definition) is 3. The van der Waals surface area contributed by atoms with Gasteiger partial charge in [0.05, 0.1) is 37.0 Å². The van der Waals surface area contributed by atoms with E-state index in [1.165, 1.54) is 11.3 Å². The monoisotopic (exact) mass is 563 g/mol. The standard InChI is InChI=1S/C22H25ClN2O4S.C2HF3O2/c1-25(9-2-3-20(27)28)10-8-17-19(13-25)30-18(21(17)22(24)29)12-16(26)11-14-4-6-15(23)7-5-14;3-2(4,5)1(6)7/h4-7H,2-3,8-13H2,1H3,(H2-,24,27,28,29);(H,6,7)/p+1. The van der Waals surface area contributed by atoms with Gasteiger partial charge in [0.1, 0.15) is 12.3 Å². The first-order chi connectivity index (χ1) is 17.1. The van der Waals surface area contributed by atoms with Crippen molar-refractivity contribution in [3.05, 3.63) is 55.7 Å². The Balaban J connectivity index is 0.000000604. The van der Waals surface area contributed by atoms with Crippen LogP contribution in [0.3, 0.4) is 0 Å². The fraction of sp³-hybridized carbons (Fsp3) is 0.417. The number of alkyl halides is 3. The number of amides is 1. The first-order valence-electron chi connectivity index (χ1n) is 11.2. The van der Waals surface area contributed by atoms with Crippen LogP contribution in [0.1, 0.15) is 44.1 Å². The van der Waals surface area contributed by atoms with Gasteiger partial charge in [0.25, 0.3) is 0 Å². The predicted octanol–water partition coefficient (Wildman–Crippen LogP) is 3.86. The lowest BCUT2D eigenvalue weighted by Gasteiger charge is -2.37. The van der Waals surface area contributed by atoms with Gasteiger partial charge in [-0.2, -0.15) is 13.2 Å². The molecular weight excluding hydrogens is 537 g/mol. The Bertz CT molecular complexity index is 1170. The number of likely N-dealkylation sites (N-methyl/N-ethyl adjacent to an activating group) is 1. The van der Waals surface area contributed by atoms with Crippen molar-refractivity contribution in [2.24, 2.45) is 5.73 Å². The van der Waals surface area contributed by atoms with E-state index in [1.807, 2.05) is 12.1 Å². The van der Waals surface area contributed by atoms with Crippen LogP contribution in [0, 0.1) is 0 Å². The fourth-order valence-electron chi connectivity index (χ4n) is 4.05. The molecule has 37 heavy (non-hydrogen) atoms. The lowest BCUT2D eigenvalue weighted by molar-refractivity contribution is -0.924. The number of quaternary nitrogens is 1. The number of nitrogens with zero attached hydrogens (tertiary/aromatic N) is 1. The number of carbonyl (C=O) groups is 4. The summed E-state index contributed by atoms with van der Waals surface area (Å²) < 4.78 is 32.5. The van der Waals surface area contributed by atoms with Crippen molar-refractivity contribution < 1.29 is 47.0 Å². The number of carbonyl (C=O) groups excluding carboxylic acids is 2. The first-order valence-corrected chi connectivity index (χ1v) is 12.4. The zero-order valence-corrected chi connectivity index (χ0v) is 21.5. The number of benzene rings is 1. The third kappa shape index (κ3) is 9.13. The number of carboxylic acid groups (broad SMARTS) is 2. The molecule has 0 saturated carbocycles. The van der Waals surface area contributed by atoms with Crippen LogP contribution in [0.25, 0.3) is 0 Å². The molecule has 2 heterocycles. The number of rotatable bonds is 9. The van der Waals surface area contributed by atoms with E-state index in [2.05, 4.69) is 7.05 Å². The molecule has 0 aliphatic carbocycles. The van der Waals surface area contributed by atoms with Crippen LogP contribution in [-0.4, -0.2) is 64.6 Å². The van der Waals surface area contributed by atoms with E-state index < -0.39 is 24.0 Å². The maximum Gasteiger partial charge on any atom is 0.490 e. The molecule has 0 spiro atoms. The SMILES string of the molecule is C[N+]1(CCCC(=O)O)CCc2c(sc(CC(=O)Cc3ccc(Cl)cc3)c2C(N)=O)C1.O=C(O)C(F)(F)F. The summed E-state index contributed by atoms with van der Waals surface area (Å²) in [6, 6.07) is 7.17. The molecule has 1 aliphatic heterocycles. The summed E-state index contributed by atoms with van der Waals surface area (Å²) in [5.41, 5.74) is 8.04. The number of halogens is 4. The zero-order chi connectivity index (χ0) is 28.0. The summed E-state index contributed by atoms with van der Waals surface area (Å²) in [5.74, 6) is -4.00.